The van der Waals surface area contributed by atoms with E-state index in [4.69, 9.17) is 10.2 Å². The van der Waals surface area contributed by atoms with Crippen LogP contribution in [0.25, 0.3) is 0 Å². The molecule has 0 radical (unpaired) electrons. The quantitative estimate of drug-likeness (QED) is 0.693. The van der Waals surface area contributed by atoms with Crippen molar-refractivity contribution in [2.24, 2.45) is 5.92 Å². The Morgan fingerprint density at radius 1 is 1.18 bits per heavy atom. The van der Waals surface area contributed by atoms with Gasteiger partial charge in [-0.3, -0.25) is 0 Å². The summed E-state index contributed by atoms with van der Waals surface area (Å²) in [5.41, 5.74) is 0. The molecule has 0 bridgehead atoms. The Kier molecular flexibility index (Phi) is 8.48. The Hall–Kier alpha value is 0.140. The van der Waals surface area contributed by atoms with Crippen LogP contribution in [0.3, 0.4) is 0 Å². The zero-order valence-electron chi connectivity index (χ0n) is 13.5. The molecule has 4 atom stereocenters. The third kappa shape index (κ3) is 6.33. The van der Waals surface area contributed by atoms with Gasteiger partial charge >= 0.3 is 0 Å². The largest absolute Gasteiger partial charge is 0.396 e. The molecule has 2 fully saturated rings. The normalized spacial score (nSPS) is 31.5. The summed E-state index contributed by atoms with van der Waals surface area (Å²) in [5, 5.41) is 20.2. The minimum Gasteiger partial charge on any atom is -0.396 e. The number of rotatable bonds is 7. The highest BCUT2D eigenvalue weighted by atomic mass is 32.2. The second kappa shape index (κ2) is 10.1. The summed E-state index contributed by atoms with van der Waals surface area (Å²) in [6.45, 7) is 5.89. The molecule has 22 heavy (non-hydrogen) atoms. The standard InChI is InChI=1S/C17H29NO2S2/c1-14-5-6-16(22-14)11-18(7-3-9-20)12-17-10-15(13-21-17)4-2-8-19/h14-17,19-20H,3,5-13H2,1H3. The molecular formula is C17H29NO2S2. The van der Waals surface area contributed by atoms with E-state index in [1.54, 1.807) is 0 Å². The fourth-order valence-electron chi connectivity index (χ4n) is 3.27. The van der Waals surface area contributed by atoms with Gasteiger partial charge in [0.1, 0.15) is 6.61 Å². The summed E-state index contributed by atoms with van der Waals surface area (Å²) < 4.78 is 0. The van der Waals surface area contributed by atoms with Gasteiger partial charge in [0.15, 0.2) is 0 Å². The van der Waals surface area contributed by atoms with Crippen LogP contribution in [0.4, 0.5) is 0 Å². The van der Waals surface area contributed by atoms with Gasteiger partial charge in [0.05, 0.1) is 0 Å². The van der Waals surface area contributed by atoms with E-state index in [1.807, 2.05) is 11.8 Å². The average molecular weight is 344 g/mol. The lowest BCUT2D eigenvalue weighted by atomic mass is 10.1. The molecule has 2 saturated heterocycles. The van der Waals surface area contributed by atoms with E-state index < -0.39 is 0 Å². The van der Waals surface area contributed by atoms with E-state index in [9.17, 15) is 0 Å². The molecule has 2 heterocycles. The van der Waals surface area contributed by atoms with E-state index in [2.05, 4.69) is 35.4 Å². The second-order valence-corrected chi connectivity index (χ2v) is 9.43. The maximum absolute atomic E-state index is 9.14. The molecule has 0 aliphatic carbocycles. The fraction of sp³-hybridized carbons (Fsp3) is 0.882. The molecule has 0 spiro atoms. The van der Waals surface area contributed by atoms with Crippen LogP contribution < -0.4 is 0 Å². The van der Waals surface area contributed by atoms with Crippen LogP contribution in [0.2, 0.25) is 0 Å². The highest BCUT2D eigenvalue weighted by molar-refractivity contribution is 8.00. The molecule has 3 nitrogen and oxygen atoms in total. The highest BCUT2D eigenvalue weighted by Crippen LogP contribution is 2.35. The Morgan fingerprint density at radius 3 is 2.68 bits per heavy atom. The van der Waals surface area contributed by atoms with Gasteiger partial charge in [0.2, 0.25) is 0 Å². The van der Waals surface area contributed by atoms with Gasteiger partial charge in [0.25, 0.3) is 0 Å². The maximum atomic E-state index is 9.14. The number of nitrogens with zero attached hydrogens (tertiary/aromatic N) is 1. The molecule has 4 unspecified atom stereocenters. The van der Waals surface area contributed by atoms with Crippen LogP contribution in [0.5, 0.6) is 0 Å². The van der Waals surface area contributed by atoms with Crippen molar-refractivity contribution >= 4 is 23.5 Å². The molecule has 126 valence electrons. The molecule has 2 aliphatic heterocycles. The van der Waals surface area contributed by atoms with E-state index in [0.717, 1.165) is 42.2 Å². The van der Waals surface area contributed by atoms with Gasteiger partial charge in [-0.05, 0) is 25.7 Å². The predicted octanol–water partition coefficient (Wildman–Crippen LogP) is 2.07. The molecule has 0 aromatic carbocycles. The number of aliphatic hydroxyl groups is 2. The van der Waals surface area contributed by atoms with Crippen LogP contribution in [0.15, 0.2) is 0 Å². The SMILES string of the molecule is CC1CCC(CN(CCCO)CC2CC(C#CCO)CS2)S1. The Labute approximate surface area is 143 Å². The monoisotopic (exact) mass is 343 g/mol. The van der Waals surface area contributed by atoms with Crippen LogP contribution in [-0.2, 0) is 0 Å². The first-order valence-corrected chi connectivity index (χ1v) is 10.4. The van der Waals surface area contributed by atoms with E-state index in [-0.39, 0.29) is 13.2 Å². The second-order valence-electron chi connectivity index (χ2n) is 6.35. The van der Waals surface area contributed by atoms with E-state index in [0.29, 0.717) is 11.2 Å². The molecule has 5 heteroatoms. The maximum Gasteiger partial charge on any atom is 0.104 e. The zero-order chi connectivity index (χ0) is 15.8. The molecular weight excluding hydrogens is 314 g/mol. The van der Waals surface area contributed by atoms with E-state index in [1.165, 1.54) is 19.4 Å². The van der Waals surface area contributed by atoms with Gasteiger partial charge in [0, 0.05) is 53.7 Å². The number of hydrogen-bond acceptors (Lipinski definition) is 5. The summed E-state index contributed by atoms with van der Waals surface area (Å²) in [7, 11) is 0. The van der Waals surface area contributed by atoms with Crippen LogP contribution in [0.1, 0.15) is 32.6 Å². The molecule has 2 aliphatic rings. The van der Waals surface area contributed by atoms with Gasteiger partial charge in [-0.15, -0.1) is 0 Å². The van der Waals surface area contributed by atoms with Crippen LogP contribution in [0, 0.1) is 17.8 Å². The van der Waals surface area contributed by atoms with Gasteiger partial charge < -0.3 is 15.1 Å². The van der Waals surface area contributed by atoms with Crippen molar-refractivity contribution < 1.29 is 10.2 Å². The van der Waals surface area contributed by atoms with Crippen LogP contribution in [-0.4, -0.2) is 69.5 Å². The Morgan fingerprint density at radius 2 is 2.00 bits per heavy atom. The lowest BCUT2D eigenvalue weighted by Crippen LogP contribution is -2.36. The summed E-state index contributed by atoms with van der Waals surface area (Å²) in [6.07, 6.45) is 4.70. The van der Waals surface area contributed by atoms with Crippen molar-refractivity contribution in [3.05, 3.63) is 0 Å². The third-order valence-electron chi connectivity index (χ3n) is 4.34. The number of aliphatic hydroxyl groups excluding tert-OH is 2. The average Bonchev–Trinajstić information content (AvgIpc) is 3.12. The number of thioether (sulfide) groups is 2. The molecule has 2 rings (SSSR count). The first-order valence-electron chi connectivity index (χ1n) is 8.40. The highest BCUT2D eigenvalue weighted by Gasteiger charge is 2.28. The van der Waals surface area contributed by atoms with Crippen molar-refractivity contribution in [1.29, 1.82) is 0 Å². The smallest absolute Gasteiger partial charge is 0.104 e. The van der Waals surface area contributed by atoms with Gasteiger partial charge in [-0.2, -0.15) is 23.5 Å². The summed E-state index contributed by atoms with van der Waals surface area (Å²) in [4.78, 5) is 2.56. The Balaban J connectivity index is 1.79. The molecule has 0 aromatic heterocycles. The molecule has 0 amide bonds. The third-order valence-corrected chi connectivity index (χ3v) is 7.22. The Bertz CT molecular complexity index is 383. The summed E-state index contributed by atoms with van der Waals surface area (Å²) >= 11 is 4.16. The van der Waals surface area contributed by atoms with Crippen molar-refractivity contribution in [3.63, 3.8) is 0 Å². The molecule has 0 aromatic rings. The first-order chi connectivity index (χ1) is 10.7. The zero-order valence-corrected chi connectivity index (χ0v) is 15.2. The van der Waals surface area contributed by atoms with Gasteiger partial charge in [-0.25, -0.2) is 0 Å². The summed E-state index contributed by atoms with van der Waals surface area (Å²) in [5.74, 6) is 7.52. The van der Waals surface area contributed by atoms with Crippen molar-refractivity contribution in [1.82, 2.24) is 4.90 Å². The summed E-state index contributed by atoms with van der Waals surface area (Å²) in [6, 6.07) is 0. The minimum atomic E-state index is -0.0223. The molecule has 0 saturated carbocycles. The topological polar surface area (TPSA) is 43.7 Å². The van der Waals surface area contributed by atoms with Crippen molar-refractivity contribution in [2.45, 2.75) is 48.4 Å². The first kappa shape index (κ1) is 18.5. The minimum absolute atomic E-state index is 0.0223. The van der Waals surface area contributed by atoms with Crippen LogP contribution >= 0.6 is 23.5 Å². The lowest BCUT2D eigenvalue weighted by molar-refractivity contribution is 0.222. The molecule has 2 N–H and O–H groups in total. The predicted molar refractivity (Wildman–Crippen MR) is 97.4 cm³/mol. The lowest BCUT2D eigenvalue weighted by Gasteiger charge is -2.27. The number of hydrogen-bond donors (Lipinski definition) is 2. The van der Waals surface area contributed by atoms with E-state index >= 15 is 0 Å². The van der Waals surface area contributed by atoms with Gasteiger partial charge in [-0.1, -0.05) is 18.8 Å². The fourth-order valence-corrected chi connectivity index (χ4v) is 6.18. The van der Waals surface area contributed by atoms with Crippen molar-refractivity contribution in [2.75, 3.05) is 38.6 Å². The van der Waals surface area contributed by atoms with Crippen molar-refractivity contribution in [3.8, 4) is 11.8 Å².